The second-order valence-corrected chi connectivity index (χ2v) is 3.94. The van der Waals surface area contributed by atoms with E-state index in [0.717, 1.165) is 31.0 Å². The van der Waals surface area contributed by atoms with E-state index >= 15 is 0 Å². The average molecular weight is 203 g/mol. The Morgan fingerprint density at radius 2 is 2.47 bits per heavy atom. The Bertz CT molecular complexity index is 428. The molecular formula is C11H13N3O. The van der Waals surface area contributed by atoms with E-state index in [1.165, 1.54) is 0 Å². The summed E-state index contributed by atoms with van der Waals surface area (Å²) in [7, 11) is 0. The van der Waals surface area contributed by atoms with E-state index in [4.69, 9.17) is 4.74 Å². The maximum absolute atomic E-state index is 5.14. The Balaban J connectivity index is 1.75. The molecule has 4 nitrogen and oxygen atoms in total. The van der Waals surface area contributed by atoms with Crippen LogP contribution in [0.1, 0.15) is 0 Å². The normalized spacial score (nSPS) is 16.5. The van der Waals surface area contributed by atoms with Crippen LogP contribution in [0.2, 0.25) is 0 Å². The molecule has 1 saturated heterocycles. The number of H-pyrrole nitrogens is 1. The molecule has 0 aromatic carbocycles. The molecule has 1 aliphatic heterocycles. The van der Waals surface area contributed by atoms with Gasteiger partial charge >= 0.3 is 0 Å². The van der Waals surface area contributed by atoms with Crippen LogP contribution in [0.3, 0.4) is 0 Å². The van der Waals surface area contributed by atoms with Gasteiger partial charge in [-0.2, -0.15) is 5.10 Å². The minimum Gasteiger partial charge on any atom is -0.381 e. The van der Waals surface area contributed by atoms with Crippen LogP contribution >= 0.6 is 0 Å². The van der Waals surface area contributed by atoms with Crippen molar-refractivity contribution in [2.45, 2.75) is 6.54 Å². The maximum Gasteiger partial charge on any atom is 0.0583 e. The van der Waals surface area contributed by atoms with Gasteiger partial charge in [-0.25, -0.2) is 0 Å². The summed E-state index contributed by atoms with van der Waals surface area (Å²) in [6, 6.07) is 4.04. The van der Waals surface area contributed by atoms with Crippen LogP contribution in [0.4, 0.5) is 0 Å². The van der Waals surface area contributed by atoms with Gasteiger partial charge in [-0.05, 0) is 12.1 Å². The molecule has 0 saturated carbocycles. The van der Waals surface area contributed by atoms with E-state index in [2.05, 4.69) is 16.3 Å². The van der Waals surface area contributed by atoms with Gasteiger partial charge in [0.15, 0.2) is 0 Å². The van der Waals surface area contributed by atoms with Crippen molar-refractivity contribution in [2.75, 3.05) is 13.2 Å². The van der Waals surface area contributed by atoms with Crippen LogP contribution in [-0.4, -0.2) is 28.0 Å². The summed E-state index contributed by atoms with van der Waals surface area (Å²) in [5.74, 6) is 0.640. The van der Waals surface area contributed by atoms with Gasteiger partial charge in [0.25, 0.3) is 0 Å². The SMILES string of the molecule is c1c[nH]c(-c2cnn(CC3COC3)c2)c1. The number of ether oxygens (including phenoxy) is 1. The second-order valence-electron chi connectivity index (χ2n) is 3.94. The quantitative estimate of drug-likeness (QED) is 0.822. The highest BCUT2D eigenvalue weighted by Gasteiger charge is 2.19. The first kappa shape index (κ1) is 8.73. The van der Waals surface area contributed by atoms with E-state index < -0.39 is 0 Å². The molecule has 0 aliphatic carbocycles. The molecule has 0 amide bonds. The average Bonchev–Trinajstić information content (AvgIpc) is 2.82. The van der Waals surface area contributed by atoms with E-state index in [1.807, 2.05) is 29.2 Å². The van der Waals surface area contributed by atoms with Crippen molar-refractivity contribution in [1.29, 1.82) is 0 Å². The molecule has 78 valence electrons. The van der Waals surface area contributed by atoms with Crippen molar-refractivity contribution in [1.82, 2.24) is 14.8 Å². The molecule has 2 aromatic rings. The second kappa shape index (κ2) is 3.55. The summed E-state index contributed by atoms with van der Waals surface area (Å²) in [6.45, 7) is 2.70. The first-order valence-electron chi connectivity index (χ1n) is 5.16. The Kier molecular flexibility index (Phi) is 2.07. The molecule has 0 unspecified atom stereocenters. The number of aromatic nitrogens is 3. The van der Waals surface area contributed by atoms with Crippen LogP contribution in [0.15, 0.2) is 30.7 Å². The molecular weight excluding hydrogens is 190 g/mol. The molecule has 0 bridgehead atoms. The molecule has 3 heterocycles. The monoisotopic (exact) mass is 203 g/mol. The zero-order valence-corrected chi connectivity index (χ0v) is 8.39. The molecule has 15 heavy (non-hydrogen) atoms. The van der Waals surface area contributed by atoms with Gasteiger partial charge in [-0.3, -0.25) is 4.68 Å². The minimum atomic E-state index is 0.640. The Morgan fingerprint density at radius 1 is 1.53 bits per heavy atom. The zero-order valence-electron chi connectivity index (χ0n) is 8.39. The third-order valence-electron chi connectivity index (χ3n) is 2.69. The highest BCUT2D eigenvalue weighted by Crippen LogP contribution is 2.17. The first-order valence-corrected chi connectivity index (χ1v) is 5.16. The Morgan fingerprint density at radius 3 is 3.13 bits per heavy atom. The summed E-state index contributed by atoms with van der Waals surface area (Å²) < 4.78 is 7.13. The summed E-state index contributed by atoms with van der Waals surface area (Å²) in [4.78, 5) is 3.17. The lowest BCUT2D eigenvalue weighted by atomic mass is 10.1. The van der Waals surface area contributed by atoms with Crippen LogP contribution in [0, 0.1) is 5.92 Å². The van der Waals surface area contributed by atoms with Crippen LogP contribution in [0.5, 0.6) is 0 Å². The topological polar surface area (TPSA) is 42.8 Å². The smallest absolute Gasteiger partial charge is 0.0583 e. The van der Waals surface area contributed by atoms with Crippen LogP contribution in [-0.2, 0) is 11.3 Å². The summed E-state index contributed by atoms with van der Waals surface area (Å²) >= 11 is 0. The largest absolute Gasteiger partial charge is 0.381 e. The highest BCUT2D eigenvalue weighted by molar-refractivity contribution is 5.56. The lowest BCUT2D eigenvalue weighted by Gasteiger charge is -2.25. The lowest BCUT2D eigenvalue weighted by Crippen LogP contribution is -2.31. The molecule has 0 atom stereocenters. The number of hydrogen-bond donors (Lipinski definition) is 1. The molecule has 0 spiro atoms. The van der Waals surface area contributed by atoms with Gasteiger partial charge in [0, 0.05) is 36.1 Å². The fraction of sp³-hybridized carbons (Fsp3) is 0.364. The summed E-state index contributed by atoms with van der Waals surface area (Å²) in [6.07, 6.45) is 5.89. The number of hydrogen-bond acceptors (Lipinski definition) is 2. The van der Waals surface area contributed by atoms with E-state index in [-0.39, 0.29) is 0 Å². The molecule has 4 heteroatoms. The predicted molar refractivity (Wildman–Crippen MR) is 56.3 cm³/mol. The maximum atomic E-state index is 5.14. The number of nitrogens with zero attached hydrogens (tertiary/aromatic N) is 2. The molecule has 1 aliphatic rings. The zero-order chi connectivity index (χ0) is 10.1. The molecule has 1 N–H and O–H groups in total. The van der Waals surface area contributed by atoms with Gasteiger partial charge in [0.2, 0.25) is 0 Å². The van der Waals surface area contributed by atoms with Crippen LogP contribution < -0.4 is 0 Å². The Hall–Kier alpha value is -1.55. The van der Waals surface area contributed by atoms with Crippen molar-refractivity contribution >= 4 is 0 Å². The van der Waals surface area contributed by atoms with E-state index in [1.54, 1.807) is 0 Å². The van der Waals surface area contributed by atoms with Crippen molar-refractivity contribution in [3.63, 3.8) is 0 Å². The van der Waals surface area contributed by atoms with Crippen molar-refractivity contribution in [2.24, 2.45) is 5.92 Å². The first-order chi connectivity index (χ1) is 7.42. The highest BCUT2D eigenvalue weighted by atomic mass is 16.5. The fourth-order valence-electron chi connectivity index (χ4n) is 1.77. The van der Waals surface area contributed by atoms with Crippen molar-refractivity contribution < 1.29 is 4.74 Å². The van der Waals surface area contributed by atoms with Gasteiger partial charge in [0.05, 0.1) is 19.4 Å². The Labute approximate surface area is 87.9 Å². The minimum absolute atomic E-state index is 0.640. The predicted octanol–water partition coefficient (Wildman–Crippen LogP) is 1.52. The molecule has 1 fully saturated rings. The van der Waals surface area contributed by atoms with Gasteiger partial charge in [-0.1, -0.05) is 0 Å². The van der Waals surface area contributed by atoms with Gasteiger partial charge < -0.3 is 9.72 Å². The number of nitrogens with one attached hydrogen (secondary N) is 1. The van der Waals surface area contributed by atoms with E-state index in [0.29, 0.717) is 5.92 Å². The van der Waals surface area contributed by atoms with Crippen molar-refractivity contribution in [3.8, 4) is 11.3 Å². The van der Waals surface area contributed by atoms with Crippen molar-refractivity contribution in [3.05, 3.63) is 30.7 Å². The fourth-order valence-corrected chi connectivity index (χ4v) is 1.77. The summed E-state index contributed by atoms with van der Waals surface area (Å²) in [5.41, 5.74) is 2.26. The van der Waals surface area contributed by atoms with Gasteiger partial charge in [0.1, 0.15) is 0 Å². The third kappa shape index (κ3) is 1.68. The number of aromatic amines is 1. The van der Waals surface area contributed by atoms with Gasteiger partial charge in [-0.15, -0.1) is 0 Å². The molecule has 0 radical (unpaired) electrons. The van der Waals surface area contributed by atoms with Crippen LogP contribution in [0.25, 0.3) is 11.3 Å². The molecule has 2 aromatic heterocycles. The number of rotatable bonds is 3. The van der Waals surface area contributed by atoms with E-state index in [9.17, 15) is 0 Å². The summed E-state index contributed by atoms with van der Waals surface area (Å²) in [5, 5.41) is 4.34. The molecule has 3 rings (SSSR count). The standard InChI is InChI=1S/C11H13N3O/c1-2-11(12-3-1)10-4-13-14(6-10)5-9-7-15-8-9/h1-4,6,9,12H,5,7-8H2. The lowest BCUT2D eigenvalue weighted by molar-refractivity contribution is -0.0408. The third-order valence-corrected chi connectivity index (χ3v) is 2.69.